The second-order valence-electron chi connectivity index (χ2n) is 6.29. The summed E-state index contributed by atoms with van der Waals surface area (Å²) in [6.45, 7) is 0. The molecule has 1 heterocycles. The molecule has 0 aliphatic heterocycles. The number of amides is 1. The maximum Gasteiger partial charge on any atom is 0.307 e. The first kappa shape index (κ1) is 21.2. The summed E-state index contributed by atoms with van der Waals surface area (Å²) in [6, 6.07) is 10.6. The SMILES string of the molecule is COC(=O)CC(NC(=O)c1ccc(-n2ccnc2)c([N+](=O)[O-])c1)c1cccc(Br)c1. The fourth-order valence-electron chi connectivity index (χ4n) is 2.90. The topological polar surface area (TPSA) is 116 Å². The maximum atomic E-state index is 12.8. The number of hydrogen-bond donors (Lipinski definition) is 1. The van der Waals surface area contributed by atoms with E-state index in [1.54, 1.807) is 24.4 Å². The number of halogens is 1. The lowest BCUT2D eigenvalue weighted by molar-refractivity contribution is -0.384. The summed E-state index contributed by atoms with van der Waals surface area (Å²) >= 11 is 3.37. The van der Waals surface area contributed by atoms with Crippen molar-refractivity contribution >= 4 is 33.5 Å². The summed E-state index contributed by atoms with van der Waals surface area (Å²) < 4.78 is 7.00. The van der Waals surface area contributed by atoms with Crippen molar-refractivity contribution in [3.05, 3.63) is 86.9 Å². The third-order valence-electron chi connectivity index (χ3n) is 4.37. The fourth-order valence-corrected chi connectivity index (χ4v) is 3.31. The number of ether oxygens (including phenoxy) is 1. The summed E-state index contributed by atoms with van der Waals surface area (Å²) in [6.07, 6.45) is 4.41. The number of nitro groups is 1. The van der Waals surface area contributed by atoms with Gasteiger partial charge in [0, 0.05) is 28.5 Å². The number of nitro benzene ring substituents is 1. The van der Waals surface area contributed by atoms with Gasteiger partial charge < -0.3 is 14.6 Å². The Balaban J connectivity index is 1.91. The van der Waals surface area contributed by atoms with Crippen LogP contribution in [0.1, 0.15) is 28.4 Å². The van der Waals surface area contributed by atoms with E-state index in [4.69, 9.17) is 4.74 Å². The minimum absolute atomic E-state index is 0.0894. The number of imidazole rings is 1. The summed E-state index contributed by atoms with van der Waals surface area (Å²) in [5.74, 6) is -1.05. The molecule has 154 valence electrons. The fraction of sp³-hybridized carbons (Fsp3) is 0.150. The molecule has 3 aromatic rings. The lowest BCUT2D eigenvalue weighted by Gasteiger charge is -2.19. The maximum absolute atomic E-state index is 12.8. The van der Waals surface area contributed by atoms with Crippen LogP contribution in [0.4, 0.5) is 5.69 Å². The van der Waals surface area contributed by atoms with Gasteiger partial charge in [0.1, 0.15) is 5.69 Å². The molecule has 0 saturated heterocycles. The molecule has 2 aromatic carbocycles. The van der Waals surface area contributed by atoms with Crippen molar-refractivity contribution in [3.8, 4) is 5.69 Å². The largest absolute Gasteiger partial charge is 0.469 e. The molecule has 1 atom stereocenters. The summed E-state index contributed by atoms with van der Waals surface area (Å²) in [4.78, 5) is 39.5. The molecule has 0 radical (unpaired) electrons. The number of hydrogen-bond acceptors (Lipinski definition) is 6. The minimum Gasteiger partial charge on any atom is -0.469 e. The van der Waals surface area contributed by atoms with E-state index in [2.05, 4.69) is 26.2 Å². The first-order valence-electron chi connectivity index (χ1n) is 8.79. The Morgan fingerprint density at radius 2 is 2.10 bits per heavy atom. The zero-order valence-corrected chi connectivity index (χ0v) is 17.4. The molecule has 1 unspecified atom stereocenters. The molecule has 1 aromatic heterocycles. The lowest BCUT2D eigenvalue weighted by Crippen LogP contribution is -2.30. The van der Waals surface area contributed by atoms with Crippen LogP contribution < -0.4 is 5.32 Å². The van der Waals surface area contributed by atoms with Crippen LogP contribution >= 0.6 is 15.9 Å². The van der Waals surface area contributed by atoms with E-state index >= 15 is 0 Å². The van der Waals surface area contributed by atoms with E-state index in [0.717, 1.165) is 4.47 Å². The highest BCUT2D eigenvalue weighted by Crippen LogP contribution is 2.26. The van der Waals surface area contributed by atoms with E-state index in [0.29, 0.717) is 5.56 Å². The molecule has 0 saturated carbocycles. The third-order valence-corrected chi connectivity index (χ3v) is 4.86. The Kier molecular flexibility index (Phi) is 6.58. The van der Waals surface area contributed by atoms with Crippen molar-refractivity contribution in [3.63, 3.8) is 0 Å². The van der Waals surface area contributed by atoms with Gasteiger partial charge in [-0.25, -0.2) is 4.98 Å². The van der Waals surface area contributed by atoms with Crippen molar-refractivity contribution in [1.29, 1.82) is 0 Å². The minimum atomic E-state index is -0.671. The van der Waals surface area contributed by atoms with E-state index < -0.39 is 22.8 Å². The molecular formula is C20H17BrN4O5. The van der Waals surface area contributed by atoms with Crippen molar-refractivity contribution in [1.82, 2.24) is 14.9 Å². The highest BCUT2D eigenvalue weighted by atomic mass is 79.9. The smallest absolute Gasteiger partial charge is 0.307 e. The quantitative estimate of drug-likeness (QED) is 0.319. The van der Waals surface area contributed by atoms with Crippen LogP contribution in [0.2, 0.25) is 0 Å². The van der Waals surface area contributed by atoms with Gasteiger partial charge in [-0.2, -0.15) is 0 Å². The Morgan fingerprint density at radius 3 is 2.73 bits per heavy atom. The van der Waals surface area contributed by atoms with Crippen LogP contribution in [-0.2, 0) is 9.53 Å². The molecule has 10 heteroatoms. The van der Waals surface area contributed by atoms with Crippen molar-refractivity contribution < 1.29 is 19.2 Å². The number of esters is 1. The van der Waals surface area contributed by atoms with Gasteiger partial charge in [0.25, 0.3) is 11.6 Å². The second kappa shape index (κ2) is 9.31. The molecule has 1 N–H and O–H groups in total. The number of methoxy groups -OCH3 is 1. The van der Waals surface area contributed by atoms with Crippen LogP contribution in [0.15, 0.2) is 65.7 Å². The number of rotatable bonds is 7. The standard InChI is InChI=1S/C20H17BrN4O5/c1-30-19(26)11-16(13-3-2-4-15(21)9-13)23-20(27)14-5-6-17(18(10-14)25(28)29)24-8-7-22-12-24/h2-10,12,16H,11H2,1H3,(H,23,27). The molecule has 0 aliphatic rings. The number of carbonyl (C=O) groups excluding carboxylic acids is 2. The third kappa shape index (κ3) is 4.90. The molecule has 0 spiro atoms. The number of benzene rings is 2. The predicted octanol–water partition coefficient (Wildman–Crippen LogP) is 3.58. The Morgan fingerprint density at radius 1 is 1.30 bits per heavy atom. The van der Waals surface area contributed by atoms with Crippen molar-refractivity contribution in [2.24, 2.45) is 0 Å². The van der Waals surface area contributed by atoms with E-state index in [-0.39, 0.29) is 23.4 Å². The monoisotopic (exact) mass is 472 g/mol. The Bertz CT molecular complexity index is 1080. The molecule has 0 bridgehead atoms. The number of nitrogens with zero attached hydrogens (tertiary/aromatic N) is 3. The van der Waals surface area contributed by atoms with E-state index in [1.807, 2.05) is 6.07 Å². The molecule has 9 nitrogen and oxygen atoms in total. The molecule has 30 heavy (non-hydrogen) atoms. The highest BCUT2D eigenvalue weighted by molar-refractivity contribution is 9.10. The van der Waals surface area contributed by atoms with Gasteiger partial charge in [0.2, 0.25) is 0 Å². The van der Waals surface area contributed by atoms with E-state index in [9.17, 15) is 19.7 Å². The number of aromatic nitrogens is 2. The molecule has 1 amide bonds. The van der Waals surface area contributed by atoms with Gasteiger partial charge >= 0.3 is 5.97 Å². The van der Waals surface area contributed by atoms with Gasteiger partial charge in [-0.15, -0.1) is 0 Å². The van der Waals surface area contributed by atoms with Gasteiger partial charge in [-0.1, -0.05) is 28.1 Å². The molecule has 0 fully saturated rings. The summed E-state index contributed by atoms with van der Waals surface area (Å²) in [5, 5.41) is 14.3. The average Bonchev–Trinajstić information content (AvgIpc) is 3.27. The summed E-state index contributed by atoms with van der Waals surface area (Å²) in [7, 11) is 1.26. The Hall–Kier alpha value is -3.53. The van der Waals surface area contributed by atoms with Crippen molar-refractivity contribution in [2.75, 3.05) is 7.11 Å². The van der Waals surface area contributed by atoms with Gasteiger partial charge in [0.15, 0.2) is 0 Å². The summed E-state index contributed by atoms with van der Waals surface area (Å²) in [5.41, 5.74) is 0.822. The zero-order chi connectivity index (χ0) is 21.7. The van der Waals surface area contributed by atoms with Gasteiger partial charge in [0.05, 0.1) is 30.8 Å². The van der Waals surface area contributed by atoms with Crippen molar-refractivity contribution in [2.45, 2.75) is 12.5 Å². The molecule has 0 aliphatic carbocycles. The van der Waals surface area contributed by atoms with Gasteiger partial charge in [-0.3, -0.25) is 19.7 Å². The molecular weight excluding hydrogens is 456 g/mol. The van der Waals surface area contributed by atoms with E-state index in [1.165, 1.54) is 42.4 Å². The predicted molar refractivity (Wildman–Crippen MR) is 111 cm³/mol. The number of carbonyl (C=O) groups is 2. The number of nitrogens with one attached hydrogen (secondary N) is 1. The zero-order valence-electron chi connectivity index (χ0n) is 15.8. The Labute approximate surface area is 180 Å². The molecule has 3 rings (SSSR count). The van der Waals surface area contributed by atoms with Crippen LogP contribution in [0.25, 0.3) is 5.69 Å². The second-order valence-corrected chi connectivity index (χ2v) is 7.21. The first-order chi connectivity index (χ1) is 14.4. The van der Waals surface area contributed by atoms with Crippen LogP contribution in [0.5, 0.6) is 0 Å². The van der Waals surface area contributed by atoms with Crippen LogP contribution in [0, 0.1) is 10.1 Å². The lowest BCUT2D eigenvalue weighted by atomic mass is 10.0. The highest BCUT2D eigenvalue weighted by Gasteiger charge is 2.23. The van der Waals surface area contributed by atoms with Crippen LogP contribution in [-0.4, -0.2) is 33.5 Å². The van der Waals surface area contributed by atoms with Gasteiger partial charge in [-0.05, 0) is 29.8 Å². The normalized spacial score (nSPS) is 11.5. The first-order valence-corrected chi connectivity index (χ1v) is 9.58. The van der Waals surface area contributed by atoms with Crippen LogP contribution in [0.3, 0.4) is 0 Å². The average molecular weight is 473 g/mol.